The van der Waals surface area contributed by atoms with Gasteiger partial charge in [0.1, 0.15) is 6.54 Å². The van der Waals surface area contributed by atoms with Gasteiger partial charge in [-0.05, 0) is 17.9 Å². The van der Waals surface area contributed by atoms with Gasteiger partial charge >= 0.3 is 5.97 Å². The van der Waals surface area contributed by atoms with E-state index in [0.717, 1.165) is 29.4 Å². The fraction of sp³-hybridized carbons (Fsp3) is 0.267. The molecule has 94 valence electrons. The van der Waals surface area contributed by atoms with Gasteiger partial charge in [0, 0.05) is 17.6 Å². The molecule has 0 saturated carbocycles. The van der Waals surface area contributed by atoms with E-state index in [4.69, 9.17) is 5.11 Å². The lowest BCUT2D eigenvalue weighted by molar-refractivity contribution is -0.135. The molecule has 0 bridgehead atoms. The van der Waals surface area contributed by atoms with E-state index in [1.54, 1.807) is 0 Å². The average Bonchev–Trinajstić information content (AvgIpc) is 2.37. The van der Waals surface area contributed by atoms with Crippen LogP contribution in [-0.2, 0) is 4.79 Å². The van der Waals surface area contributed by atoms with Gasteiger partial charge in [0.05, 0.1) is 0 Å². The van der Waals surface area contributed by atoms with Crippen molar-refractivity contribution in [2.45, 2.75) is 13.3 Å². The van der Waals surface area contributed by atoms with Gasteiger partial charge in [0.15, 0.2) is 0 Å². The van der Waals surface area contributed by atoms with Gasteiger partial charge in [-0.3, -0.25) is 4.79 Å². The fourth-order valence-corrected chi connectivity index (χ4v) is 2.20. The average molecular weight is 243 g/mol. The zero-order valence-electron chi connectivity index (χ0n) is 10.5. The quantitative estimate of drug-likeness (QED) is 0.877. The van der Waals surface area contributed by atoms with Crippen molar-refractivity contribution in [2.24, 2.45) is 0 Å². The van der Waals surface area contributed by atoms with E-state index in [2.05, 4.69) is 6.92 Å². The van der Waals surface area contributed by atoms with Crippen molar-refractivity contribution in [3.05, 3.63) is 42.5 Å². The third-order valence-corrected chi connectivity index (χ3v) is 2.93. The number of nitrogens with zero attached hydrogens (tertiary/aromatic N) is 1. The molecule has 0 amide bonds. The normalized spacial score (nSPS) is 10.5. The lowest BCUT2D eigenvalue weighted by Gasteiger charge is -2.23. The molecule has 0 aliphatic carbocycles. The Morgan fingerprint density at radius 3 is 2.61 bits per heavy atom. The van der Waals surface area contributed by atoms with Crippen LogP contribution in [0.2, 0.25) is 0 Å². The van der Waals surface area contributed by atoms with E-state index < -0.39 is 5.97 Å². The first-order valence-corrected chi connectivity index (χ1v) is 6.17. The minimum Gasteiger partial charge on any atom is -0.480 e. The molecule has 0 radical (unpaired) electrons. The van der Waals surface area contributed by atoms with E-state index in [0.29, 0.717) is 0 Å². The monoisotopic (exact) mass is 243 g/mol. The second-order valence-electron chi connectivity index (χ2n) is 4.31. The molecule has 0 unspecified atom stereocenters. The second-order valence-corrected chi connectivity index (χ2v) is 4.31. The molecular formula is C15H17NO2. The lowest BCUT2D eigenvalue weighted by Crippen LogP contribution is -2.30. The maximum absolute atomic E-state index is 11.0. The van der Waals surface area contributed by atoms with E-state index in [9.17, 15) is 4.79 Å². The summed E-state index contributed by atoms with van der Waals surface area (Å²) < 4.78 is 0. The van der Waals surface area contributed by atoms with Gasteiger partial charge in [-0.2, -0.15) is 0 Å². The number of carbonyl (C=O) groups is 1. The summed E-state index contributed by atoms with van der Waals surface area (Å²) in [5.41, 5.74) is 0.998. The summed E-state index contributed by atoms with van der Waals surface area (Å²) in [7, 11) is 0. The fourth-order valence-electron chi connectivity index (χ4n) is 2.20. The molecule has 0 spiro atoms. The summed E-state index contributed by atoms with van der Waals surface area (Å²) in [5, 5.41) is 11.2. The first-order chi connectivity index (χ1) is 8.72. The Balaban J connectivity index is 2.46. The van der Waals surface area contributed by atoms with Gasteiger partial charge < -0.3 is 10.0 Å². The largest absolute Gasteiger partial charge is 0.480 e. The predicted molar refractivity (Wildman–Crippen MR) is 74.1 cm³/mol. The summed E-state index contributed by atoms with van der Waals surface area (Å²) in [6.45, 7) is 2.85. The van der Waals surface area contributed by atoms with E-state index in [-0.39, 0.29) is 6.54 Å². The van der Waals surface area contributed by atoms with Crippen LogP contribution in [0.25, 0.3) is 10.8 Å². The van der Waals surface area contributed by atoms with Crippen molar-refractivity contribution < 1.29 is 9.90 Å². The molecule has 2 aromatic carbocycles. The molecule has 3 nitrogen and oxygen atoms in total. The van der Waals surface area contributed by atoms with Crippen molar-refractivity contribution in [1.82, 2.24) is 0 Å². The zero-order chi connectivity index (χ0) is 13.0. The SMILES string of the molecule is CCCN(CC(=O)O)c1cccc2ccccc12. The smallest absolute Gasteiger partial charge is 0.323 e. The van der Waals surface area contributed by atoms with Gasteiger partial charge in [0.2, 0.25) is 0 Å². The summed E-state index contributed by atoms with van der Waals surface area (Å²) in [6.07, 6.45) is 0.927. The number of carboxylic acid groups (broad SMARTS) is 1. The summed E-state index contributed by atoms with van der Waals surface area (Å²) in [5.74, 6) is -0.795. The van der Waals surface area contributed by atoms with Crippen LogP contribution in [-0.4, -0.2) is 24.2 Å². The summed E-state index contributed by atoms with van der Waals surface area (Å²) in [6, 6.07) is 14.1. The van der Waals surface area contributed by atoms with Gasteiger partial charge in [-0.25, -0.2) is 0 Å². The standard InChI is InChI=1S/C15H17NO2/c1-2-10-16(11-15(17)18)14-9-5-7-12-6-3-4-8-13(12)14/h3-9H,2,10-11H2,1H3,(H,17,18). The number of benzene rings is 2. The van der Waals surface area contributed by atoms with Crippen LogP contribution >= 0.6 is 0 Å². The summed E-state index contributed by atoms with van der Waals surface area (Å²) >= 11 is 0. The Bertz CT molecular complexity index is 546. The molecule has 1 N–H and O–H groups in total. The molecule has 0 atom stereocenters. The van der Waals surface area contributed by atoms with Crippen LogP contribution in [0.3, 0.4) is 0 Å². The number of hydrogen-bond donors (Lipinski definition) is 1. The molecule has 0 fully saturated rings. The molecule has 0 aliphatic rings. The second kappa shape index (κ2) is 5.54. The molecule has 0 saturated heterocycles. The highest BCUT2D eigenvalue weighted by Crippen LogP contribution is 2.26. The highest BCUT2D eigenvalue weighted by molar-refractivity contribution is 5.95. The molecule has 0 heterocycles. The van der Waals surface area contributed by atoms with E-state index >= 15 is 0 Å². The van der Waals surface area contributed by atoms with E-state index in [1.165, 1.54) is 0 Å². The minimum absolute atomic E-state index is 0.0435. The minimum atomic E-state index is -0.795. The molecule has 0 aliphatic heterocycles. The van der Waals surface area contributed by atoms with Crippen LogP contribution in [0.4, 0.5) is 5.69 Å². The summed E-state index contributed by atoms with van der Waals surface area (Å²) in [4.78, 5) is 12.9. The Morgan fingerprint density at radius 1 is 1.17 bits per heavy atom. The van der Waals surface area contributed by atoms with Gasteiger partial charge in [-0.1, -0.05) is 43.3 Å². The number of aliphatic carboxylic acids is 1. The maximum Gasteiger partial charge on any atom is 0.323 e. The number of rotatable bonds is 5. The van der Waals surface area contributed by atoms with Gasteiger partial charge in [-0.15, -0.1) is 0 Å². The Kier molecular flexibility index (Phi) is 3.82. The van der Waals surface area contributed by atoms with Crippen LogP contribution in [0.15, 0.2) is 42.5 Å². The molecule has 2 aromatic rings. The van der Waals surface area contributed by atoms with Crippen molar-refractivity contribution in [1.29, 1.82) is 0 Å². The highest BCUT2D eigenvalue weighted by Gasteiger charge is 2.12. The molecule has 18 heavy (non-hydrogen) atoms. The number of carboxylic acids is 1. The van der Waals surface area contributed by atoms with Crippen molar-refractivity contribution in [2.75, 3.05) is 18.0 Å². The lowest BCUT2D eigenvalue weighted by atomic mass is 10.1. The van der Waals surface area contributed by atoms with Crippen molar-refractivity contribution >= 4 is 22.4 Å². The number of anilines is 1. The molecular weight excluding hydrogens is 226 g/mol. The molecule has 0 aromatic heterocycles. The topological polar surface area (TPSA) is 40.5 Å². The van der Waals surface area contributed by atoms with Crippen LogP contribution < -0.4 is 4.90 Å². The molecule has 3 heteroatoms. The predicted octanol–water partition coefficient (Wildman–Crippen LogP) is 3.14. The first kappa shape index (κ1) is 12.4. The highest BCUT2D eigenvalue weighted by atomic mass is 16.4. The van der Waals surface area contributed by atoms with Crippen molar-refractivity contribution in [3.8, 4) is 0 Å². The molecule has 2 rings (SSSR count). The maximum atomic E-state index is 11.0. The Labute approximate surface area is 107 Å². The van der Waals surface area contributed by atoms with Crippen LogP contribution in [0.5, 0.6) is 0 Å². The first-order valence-electron chi connectivity index (χ1n) is 6.17. The Hall–Kier alpha value is -2.03. The van der Waals surface area contributed by atoms with Gasteiger partial charge in [0.25, 0.3) is 0 Å². The zero-order valence-corrected chi connectivity index (χ0v) is 10.5. The van der Waals surface area contributed by atoms with Crippen molar-refractivity contribution in [3.63, 3.8) is 0 Å². The Morgan fingerprint density at radius 2 is 1.89 bits per heavy atom. The number of fused-ring (bicyclic) bond motifs is 1. The van der Waals surface area contributed by atoms with Crippen LogP contribution in [0, 0.1) is 0 Å². The van der Waals surface area contributed by atoms with E-state index in [1.807, 2.05) is 47.4 Å². The third-order valence-electron chi connectivity index (χ3n) is 2.93. The van der Waals surface area contributed by atoms with Crippen LogP contribution in [0.1, 0.15) is 13.3 Å². The third kappa shape index (κ3) is 2.62. The number of hydrogen-bond acceptors (Lipinski definition) is 2.